The van der Waals surface area contributed by atoms with Crippen molar-refractivity contribution in [1.82, 2.24) is 15.0 Å². The van der Waals surface area contributed by atoms with Gasteiger partial charge in [0.2, 0.25) is 5.95 Å². The predicted octanol–water partition coefficient (Wildman–Crippen LogP) is 2.31. The number of fused-ring (bicyclic) bond motifs is 1. The van der Waals surface area contributed by atoms with Gasteiger partial charge in [0.1, 0.15) is 11.6 Å². The van der Waals surface area contributed by atoms with Crippen LogP contribution in [0.25, 0.3) is 10.9 Å². The van der Waals surface area contributed by atoms with E-state index in [-0.39, 0.29) is 17.1 Å². The zero-order valence-electron chi connectivity index (χ0n) is 12.6. The first-order chi connectivity index (χ1) is 11.5. The highest BCUT2D eigenvalue weighted by Crippen LogP contribution is 2.20. The van der Waals surface area contributed by atoms with Crippen LogP contribution in [0.15, 0.2) is 40.1 Å². The number of pyridine rings is 1. The molecule has 1 aromatic carbocycles. The molecule has 2 heterocycles. The summed E-state index contributed by atoms with van der Waals surface area (Å²) in [6.07, 6.45) is 1.18. The molecular weight excluding hydrogens is 330 g/mol. The van der Waals surface area contributed by atoms with Crippen molar-refractivity contribution >= 4 is 28.5 Å². The smallest absolute Gasteiger partial charge is 0.270 e. The minimum Gasteiger partial charge on any atom is -0.349 e. The summed E-state index contributed by atoms with van der Waals surface area (Å²) in [5.74, 6) is 0.178. The number of anilines is 1. The summed E-state index contributed by atoms with van der Waals surface area (Å²) in [6, 6.07) is 8.25. The van der Waals surface area contributed by atoms with Crippen molar-refractivity contribution < 1.29 is 0 Å². The van der Waals surface area contributed by atoms with Crippen molar-refractivity contribution in [3.05, 3.63) is 67.3 Å². The number of nitrogens with one attached hydrogen (secondary N) is 3. The summed E-state index contributed by atoms with van der Waals surface area (Å²) in [5.41, 5.74) is 0.288. The first-order valence-corrected chi connectivity index (χ1v) is 7.44. The second-order valence-corrected chi connectivity index (χ2v) is 5.67. The molecule has 0 aliphatic carbocycles. The van der Waals surface area contributed by atoms with E-state index < -0.39 is 11.6 Å². The van der Waals surface area contributed by atoms with Gasteiger partial charge in [0, 0.05) is 21.5 Å². The molecule has 0 radical (unpaired) electrons. The molecule has 0 spiro atoms. The van der Waals surface area contributed by atoms with E-state index in [0.29, 0.717) is 16.1 Å². The Morgan fingerprint density at radius 2 is 2.04 bits per heavy atom. The Bertz CT molecular complexity index is 1080. The van der Waals surface area contributed by atoms with Crippen molar-refractivity contribution in [3.63, 3.8) is 0 Å². The Kier molecular flexibility index (Phi) is 4.06. The maximum absolute atomic E-state index is 12.3. The Hall–Kier alpha value is -3.11. The van der Waals surface area contributed by atoms with Crippen molar-refractivity contribution in [2.24, 2.45) is 0 Å². The minimum absolute atomic E-state index is 0.0774. The molecule has 0 saturated carbocycles. The van der Waals surface area contributed by atoms with Gasteiger partial charge in [0.25, 0.3) is 11.1 Å². The number of aromatic nitrogens is 3. The van der Waals surface area contributed by atoms with Crippen LogP contribution in [-0.2, 0) is 0 Å². The van der Waals surface area contributed by atoms with E-state index in [0.717, 1.165) is 5.39 Å². The van der Waals surface area contributed by atoms with Gasteiger partial charge in [-0.15, -0.1) is 0 Å². The van der Waals surface area contributed by atoms with Crippen LogP contribution in [0.4, 0.5) is 5.95 Å². The molecule has 0 aliphatic rings. The van der Waals surface area contributed by atoms with Crippen LogP contribution >= 0.6 is 11.6 Å². The standard InChI is InChI=1S/C16H12ClN5O2/c1-8(20-16-19-7-10(6-18)14(23)22-16)12-5-9-4-11(17)2-3-13(9)21-15(12)24/h2-5,7-8H,1H3,(H,21,24)(H2,19,20,22,23). The fraction of sp³-hybridized carbons (Fsp3) is 0.125. The maximum Gasteiger partial charge on any atom is 0.270 e. The lowest BCUT2D eigenvalue weighted by molar-refractivity contribution is 0.841. The van der Waals surface area contributed by atoms with Crippen LogP contribution in [0.5, 0.6) is 0 Å². The molecule has 0 aliphatic heterocycles. The number of halogens is 1. The van der Waals surface area contributed by atoms with E-state index in [1.54, 1.807) is 37.3 Å². The molecule has 0 amide bonds. The van der Waals surface area contributed by atoms with Crippen LogP contribution in [0, 0.1) is 11.3 Å². The third-order valence-corrected chi connectivity index (χ3v) is 3.81. The zero-order valence-corrected chi connectivity index (χ0v) is 13.3. The topological polar surface area (TPSA) is 114 Å². The third kappa shape index (κ3) is 3.00. The number of nitriles is 1. The summed E-state index contributed by atoms with van der Waals surface area (Å²) < 4.78 is 0. The van der Waals surface area contributed by atoms with Gasteiger partial charge in [-0.05, 0) is 31.2 Å². The lowest BCUT2D eigenvalue weighted by Gasteiger charge is -2.14. The largest absolute Gasteiger partial charge is 0.349 e. The van der Waals surface area contributed by atoms with Crippen LogP contribution < -0.4 is 16.4 Å². The molecule has 8 heteroatoms. The van der Waals surface area contributed by atoms with Crippen LogP contribution in [0.3, 0.4) is 0 Å². The summed E-state index contributed by atoms with van der Waals surface area (Å²) in [5, 5.41) is 13.1. The summed E-state index contributed by atoms with van der Waals surface area (Å²) in [6.45, 7) is 1.76. The van der Waals surface area contributed by atoms with Crippen LogP contribution in [-0.4, -0.2) is 15.0 Å². The molecule has 3 N–H and O–H groups in total. The van der Waals surface area contributed by atoms with E-state index in [9.17, 15) is 9.59 Å². The van der Waals surface area contributed by atoms with E-state index in [1.807, 2.05) is 0 Å². The highest BCUT2D eigenvalue weighted by atomic mass is 35.5. The SMILES string of the molecule is CC(Nc1ncc(C#N)c(=O)[nH]1)c1cc2cc(Cl)ccc2[nH]c1=O. The van der Waals surface area contributed by atoms with Gasteiger partial charge in [-0.1, -0.05) is 11.6 Å². The monoisotopic (exact) mass is 341 g/mol. The fourth-order valence-electron chi connectivity index (χ4n) is 2.35. The average molecular weight is 342 g/mol. The highest BCUT2D eigenvalue weighted by Gasteiger charge is 2.13. The summed E-state index contributed by atoms with van der Waals surface area (Å²) >= 11 is 5.98. The van der Waals surface area contributed by atoms with E-state index >= 15 is 0 Å². The highest BCUT2D eigenvalue weighted by molar-refractivity contribution is 6.31. The normalized spacial score (nSPS) is 11.9. The fourth-order valence-corrected chi connectivity index (χ4v) is 2.53. The zero-order chi connectivity index (χ0) is 17.3. The molecule has 1 unspecified atom stereocenters. The summed E-state index contributed by atoms with van der Waals surface area (Å²) in [4.78, 5) is 33.1. The molecule has 3 rings (SSSR count). The third-order valence-electron chi connectivity index (χ3n) is 3.57. The van der Waals surface area contributed by atoms with Gasteiger partial charge < -0.3 is 10.3 Å². The number of aromatic amines is 2. The second kappa shape index (κ2) is 6.18. The van der Waals surface area contributed by atoms with Gasteiger partial charge in [0.15, 0.2) is 0 Å². The van der Waals surface area contributed by atoms with Gasteiger partial charge in [-0.25, -0.2) is 4.98 Å². The van der Waals surface area contributed by atoms with Gasteiger partial charge in [0.05, 0.1) is 12.2 Å². The molecule has 24 heavy (non-hydrogen) atoms. The number of H-pyrrole nitrogens is 2. The molecule has 0 fully saturated rings. The molecule has 0 saturated heterocycles. The van der Waals surface area contributed by atoms with E-state index in [4.69, 9.17) is 16.9 Å². The Labute approximate surface area is 140 Å². The first-order valence-electron chi connectivity index (χ1n) is 7.06. The quantitative estimate of drug-likeness (QED) is 0.676. The van der Waals surface area contributed by atoms with Gasteiger partial charge in [-0.2, -0.15) is 5.26 Å². The van der Waals surface area contributed by atoms with Crippen LogP contribution in [0.2, 0.25) is 5.02 Å². The van der Waals surface area contributed by atoms with E-state index in [2.05, 4.69) is 20.3 Å². The number of rotatable bonds is 3. The van der Waals surface area contributed by atoms with Crippen molar-refractivity contribution in [3.8, 4) is 6.07 Å². The minimum atomic E-state index is -0.540. The number of benzene rings is 1. The lowest BCUT2D eigenvalue weighted by Crippen LogP contribution is -2.22. The molecule has 3 aromatic rings. The summed E-state index contributed by atoms with van der Waals surface area (Å²) in [7, 11) is 0. The molecular formula is C16H12ClN5O2. The van der Waals surface area contributed by atoms with Gasteiger partial charge in [-0.3, -0.25) is 14.6 Å². The molecule has 7 nitrogen and oxygen atoms in total. The Morgan fingerprint density at radius 3 is 2.75 bits per heavy atom. The number of hydrogen-bond acceptors (Lipinski definition) is 5. The number of hydrogen-bond donors (Lipinski definition) is 3. The second-order valence-electron chi connectivity index (χ2n) is 5.24. The van der Waals surface area contributed by atoms with Gasteiger partial charge >= 0.3 is 0 Å². The van der Waals surface area contributed by atoms with Crippen LogP contribution in [0.1, 0.15) is 24.1 Å². The number of nitrogens with zero attached hydrogens (tertiary/aromatic N) is 2. The average Bonchev–Trinajstić information content (AvgIpc) is 2.54. The molecule has 0 bridgehead atoms. The van der Waals surface area contributed by atoms with E-state index in [1.165, 1.54) is 6.20 Å². The maximum atomic E-state index is 12.3. The van der Waals surface area contributed by atoms with Crippen molar-refractivity contribution in [2.75, 3.05) is 5.32 Å². The molecule has 120 valence electrons. The molecule has 2 aromatic heterocycles. The first kappa shape index (κ1) is 15.8. The van der Waals surface area contributed by atoms with Crippen molar-refractivity contribution in [2.45, 2.75) is 13.0 Å². The van der Waals surface area contributed by atoms with Crippen molar-refractivity contribution in [1.29, 1.82) is 5.26 Å². The Balaban J connectivity index is 1.96. The Morgan fingerprint density at radius 1 is 1.25 bits per heavy atom. The predicted molar refractivity (Wildman–Crippen MR) is 91.2 cm³/mol. The lowest BCUT2D eigenvalue weighted by atomic mass is 10.1. The molecule has 1 atom stereocenters.